The van der Waals surface area contributed by atoms with E-state index in [9.17, 15) is 0 Å². The summed E-state index contributed by atoms with van der Waals surface area (Å²) >= 11 is 11.8. The summed E-state index contributed by atoms with van der Waals surface area (Å²) in [5.74, 6) is 0.509. The van der Waals surface area contributed by atoms with Gasteiger partial charge in [0.1, 0.15) is 12.4 Å². The van der Waals surface area contributed by atoms with Gasteiger partial charge in [-0.3, -0.25) is 4.98 Å². The largest absolute Gasteiger partial charge is 0.485 e. The molecule has 0 spiro atoms. The number of pyridine rings is 1. The zero-order valence-corrected chi connectivity index (χ0v) is 11.3. The van der Waals surface area contributed by atoms with Gasteiger partial charge < -0.3 is 10.5 Å². The zero-order valence-electron chi connectivity index (χ0n) is 9.78. The lowest BCUT2D eigenvalue weighted by Gasteiger charge is -2.10. The van der Waals surface area contributed by atoms with E-state index < -0.39 is 0 Å². The molecule has 1 heterocycles. The number of nitrogens with two attached hydrogens (primary N) is 1. The summed E-state index contributed by atoms with van der Waals surface area (Å²) in [5.41, 5.74) is 8.19. The highest BCUT2D eigenvalue weighted by molar-refractivity contribution is 6.42. The van der Waals surface area contributed by atoms with Crippen LogP contribution in [0.5, 0.6) is 5.75 Å². The number of nitrogens with zero attached hydrogens (tertiary/aromatic N) is 1. The van der Waals surface area contributed by atoms with Crippen molar-refractivity contribution >= 4 is 28.9 Å². The van der Waals surface area contributed by atoms with E-state index in [-0.39, 0.29) is 0 Å². The van der Waals surface area contributed by atoms with Crippen LogP contribution < -0.4 is 10.5 Å². The molecule has 0 bridgehead atoms. The highest BCUT2D eigenvalue weighted by Gasteiger charge is 2.07. The maximum atomic E-state index is 5.92. The van der Waals surface area contributed by atoms with Gasteiger partial charge in [-0.2, -0.15) is 0 Å². The van der Waals surface area contributed by atoms with E-state index in [0.717, 1.165) is 11.3 Å². The minimum Gasteiger partial charge on any atom is -0.485 e. The van der Waals surface area contributed by atoms with Crippen molar-refractivity contribution in [1.82, 2.24) is 4.98 Å². The summed E-state index contributed by atoms with van der Waals surface area (Å²) in [7, 11) is 0. The molecule has 3 nitrogen and oxygen atoms in total. The highest BCUT2D eigenvalue weighted by atomic mass is 35.5. The van der Waals surface area contributed by atoms with Gasteiger partial charge in [-0.05, 0) is 24.6 Å². The molecule has 18 heavy (non-hydrogen) atoms. The molecule has 0 atom stereocenters. The molecule has 0 aliphatic carbocycles. The van der Waals surface area contributed by atoms with Crippen molar-refractivity contribution in [2.45, 2.75) is 13.5 Å². The molecule has 0 aliphatic rings. The van der Waals surface area contributed by atoms with E-state index >= 15 is 0 Å². The first kappa shape index (κ1) is 13.0. The topological polar surface area (TPSA) is 48.1 Å². The molecule has 0 fully saturated rings. The fourth-order valence-corrected chi connectivity index (χ4v) is 1.81. The zero-order chi connectivity index (χ0) is 13.1. The highest BCUT2D eigenvalue weighted by Crippen LogP contribution is 2.32. The number of aryl methyl sites for hydroxylation is 1. The quantitative estimate of drug-likeness (QED) is 0.870. The molecule has 1 aromatic carbocycles. The minimum absolute atomic E-state index is 0.342. The van der Waals surface area contributed by atoms with Gasteiger partial charge in [0.2, 0.25) is 0 Å². The van der Waals surface area contributed by atoms with Crippen LogP contribution in [-0.2, 0) is 6.61 Å². The Kier molecular flexibility index (Phi) is 3.94. The van der Waals surface area contributed by atoms with Gasteiger partial charge in [-0.25, -0.2) is 0 Å². The summed E-state index contributed by atoms with van der Waals surface area (Å²) < 4.78 is 5.61. The maximum absolute atomic E-state index is 5.92. The van der Waals surface area contributed by atoms with Crippen molar-refractivity contribution in [2.75, 3.05) is 5.73 Å². The molecule has 0 radical (unpaired) electrons. The number of nitrogen functional groups attached to an aromatic ring is 1. The van der Waals surface area contributed by atoms with Crippen LogP contribution in [0.4, 0.5) is 5.69 Å². The van der Waals surface area contributed by atoms with E-state index in [1.54, 1.807) is 18.3 Å². The fraction of sp³-hybridized carbons (Fsp3) is 0.154. The lowest BCUT2D eigenvalue weighted by Crippen LogP contribution is -2.02. The first-order valence-corrected chi connectivity index (χ1v) is 6.11. The van der Waals surface area contributed by atoms with Gasteiger partial charge in [-0.1, -0.05) is 29.3 Å². The SMILES string of the molecule is Cc1cccnc1COc1cc(Cl)c(Cl)cc1N. The van der Waals surface area contributed by atoms with Crippen LogP contribution in [0.1, 0.15) is 11.3 Å². The molecular formula is C13H12Cl2N2O. The average molecular weight is 283 g/mol. The van der Waals surface area contributed by atoms with Crippen molar-refractivity contribution in [3.63, 3.8) is 0 Å². The van der Waals surface area contributed by atoms with Crippen LogP contribution in [0.3, 0.4) is 0 Å². The van der Waals surface area contributed by atoms with Crippen molar-refractivity contribution in [3.8, 4) is 5.75 Å². The first-order valence-electron chi connectivity index (χ1n) is 5.35. The van der Waals surface area contributed by atoms with Crippen LogP contribution in [0.25, 0.3) is 0 Å². The molecule has 0 unspecified atom stereocenters. The number of rotatable bonds is 3. The van der Waals surface area contributed by atoms with Crippen LogP contribution in [0.2, 0.25) is 10.0 Å². The monoisotopic (exact) mass is 282 g/mol. The summed E-state index contributed by atoms with van der Waals surface area (Å²) in [6.45, 7) is 2.32. The number of aromatic nitrogens is 1. The third-order valence-corrected chi connectivity index (χ3v) is 3.26. The van der Waals surface area contributed by atoms with E-state index in [2.05, 4.69) is 4.98 Å². The van der Waals surface area contributed by atoms with Gasteiger partial charge in [0.05, 0.1) is 21.4 Å². The number of ether oxygens (including phenoxy) is 1. The Morgan fingerprint density at radius 3 is 2.72 bits per heavy atom. The summed E-state index contributed by atoms with van der Waals surface area (Å²) in [6.07, 6.45) is 1.73. The van der Waals surface area contributed by atoms with E-state index in [0.29, 0.717) is 28.1 Å². The van der Waals surface area contributed by atoms with E-state index in [4.69, 9.17) is 33.7 Å². The van der Waals surface area contributed by atoms with Crippen LogP contribution in [-0.4, -0.2) is 4.98 Å². The molecule has 94 valence electrons. The molecule has 0 aliphatic heterocycles. The normalized spacial score (nSPS) is 10.4. The molecule has 0 amide bonds. The molecular weight excluding hydrogens is 271 g/mol. The second-order valence-corrected chi connectivity index (χ2v) is 4.67. The van der Waals surface area contributed by atoms with Crippen LogP contribution in [0.15, 0.2) is 30.5 Å². The van der Waals surface area contributed by atoms with Gasteiger partial charge >= 0.3 is 0 Å². The van der Waals surface area contributed by atoms with Crippen LogP contribution in [0, 0.1) is 6.92 Å². The summed E-state index contributed by atoms with van der Waals surface area (Å²) in [5, 5.41) is 0.828. The number of hydrogen-bond donors (Lipinski definition) is 1. The Morgan fingerprint density at radius 2 is 2.00 bits per heavy atom. The minimum atomic E-state index is 0.342. The van der Waals surface area contributed by atoms with Gasteiger partial charge in [0.25, 0.3) is 0 Å². The number of halogens is 2. The Morgan fingerprint density at radius 1 is 1.28 bits per heavy atom. The molecule has 2 rings (SSSR count). The summed E-state index contributed by atoms with van der Waals surface area (Å²) in [6, 6.07) is 7.04. The van der Waals surface area contributed by atoms with Crippen molar-refractivity contribution in [3.05, 3.63) is 51.8 Å². The fourth-order valence-electron chi connectivity index (χ4n) is 1.48. The van der Waals surface area contributed by atoms with Gasteiger partial charge in [0, 0.05) is 12.3 Å². The van der Waals surface area contributed by atoms with Crippen LogP contribution >= 0.6 is 23.2 Å². The molecule has 0 saturated heterocycles. The first-order chi connectivity index (χ1) is 8.58. The molecule has 0 saturated carbocycles. The second kappa shape index (κ2) is 5.46. The third kappa shape index (κ3) is 2.86. The van der Waals surface area contributed by atoms with Crippen molar-refractivity contribution in [1.29, 1.82) is 0 Å². The number of hydrogen-bond acceptors (Lipinski definition) is 3. The van der Waals surface area contributed by atoms with Crippen molar-refractivity contribution < 1.29 is 4.74 Å². The third-order valence-electron chi connectivity index (χ3n) is 2.53. The Balaban J connectivity index is 2.16. The van der Waals surface area contributed by atoms with E-state index in [1.165, 1.54) is 0 Å². The maximum Gasteiger partial charge on any atom is 0.144 e. The Hall–Kier alpha value is -1.45. The lowest BCUT2D eigenvalue weighted by molar-refractivity contribution is 0.302. The second-order valence-electron chi connectivity index (χ2n) is 3.86. The smallest absolute Gasteiger partial charge is 0.144 e. The Labute approximate surface area is 115 Å². The van der Waals surface area contributed by atoms with E-state index in [1.807, 2.05) is 19.1 Å². The predicted molar refractivity (Wildman–Crippen MR) is 74.2 cm³/mol. The Bertz CT molecular complexity index is 573. The number of anilines is 1. The van der Waals surface area contributed by atoms with Gasteiger partial charge in [-0.15, -0.1) is 0 Å². The molecule has 2 N–H and O–H groups in total. The number of benzene rings is 1. The molecule has 5 heteroatoms. The predicted octanol–water partition coefficient (Wildman–Crippen LogP) is 3.86. The molecule has 1 aromatic heterocycles. The standard InChI is InChI=1S/C13H12Cl2N2O/c1-8-3-2-4-17-12(8)7-18-13-6-10(15)9(14)5-11(13)16/h2-6H,7,16H2,1H3. The summed E-state index contributed by atoms with van der Waals surface area (Å²) in [4.78, 5) is 4.24. The average Bonchev–Trinajstić information content (AvgIpc) is 2.34. The van der Waals surface area contributed by atoms with Crippen molar-refractivity contribution in [2.24, 2.45) is 0 Å². The molecule has 2 aromatic rings. The lowest BCUT2D eigenvalue weighted by atomic mass is 10.2. The van der Waals surface area contributed by atoms with Gasteiger partial charge in [0.15, 0.2) is 0 Å².